The van der Waals surface area contributed by atoms with Gasteiger partial charge >= 0.3 is 11.9 Å². The van der Waals surface area contributed by atoms with Crippen LogP contribution in [0.5, 0.6) is 0 Å². The van der Waals surface area contributed by atoms with Crippen LogP contribution in [-0.2, 0) is 40.0 Å². The molecule has 1 unspecified atom stereocenters. The largest absolute Gasteiger partial charge is 0.471 e. The maximum atomic E-state index is 13.2. The minimum Gasteiger partial charge on any atom is -0.471 e. The lowest BCUT2D eigenvalue weighted by atomic mass is 9.88. The van der Waals surface area contributed by atoms with Gasteiger partial charge in [-0.1, -0.05) is 42.5 Å². The topological polar surface area (TPSA) is 99.2 Å². The molecule has 0 bridgehead atoms. The van der Waals surface area contributed by atoms with Gasteiger partial charge in [-0.25, -0.2) is 4.79 Å². The quantitative estimate of drug-likeness (QED) is 0.215. The number of carbonyl (C=O) groups excluding carboxylic acids is 4. The summed E-state index contributed by atoms with van der Waals surface area (Å²) in [6, 6.07) is 9.11. The van der Waals surface area contributed by atoms with Crippen LogP contribution in [0.25, 0.3) is 0 Å². The van der Waals surface area contributed by atoms with Gasteiger partial charge in [0.05, 0.1) is 6.42 Å². The number of aldehydes is 1. The summed E-state index contributed by atoms with van der Waals surface area (Å²) in [6.45, 7) is 1.32. The first-order valence-electron chi connectivity index (χ1n) is 9.13. The predicted octanol–water partition coefficient (Wildman–Crippen LogP) is 1.65. The molecule has 29 heavy (non-hydrogen) atoms. The van der Waals surface area contributed by atoms with Crippen LogP contribution in [0.4, 0.5) is 0 Å². The van der Waals surface area contributed by atoms with Crippen molar-refractivity contribution in [2.45, 2.75) is 38.1 Å². The normalized spacial score (nSPS) is 24.0. The highest BCUT2D eigenvalue weighted by atomic mass is 16.6. The molecule has 2 fully saturated rings. The Kier molecular flexibility index (Phi) is 6.11. The molecule has 0 aromatic heterocycles. The molecule has 0 radical (unpaired) electrons. The smallest absolute Gasteiger partial charge is 0.340 e. The Hall–Kier alpha value is -3.42. The van der Waals surface area contributed by atoms with Crippen LogP contribution in [0, 0.1) is 0 Å². The van der Waals surface area contributed by atoms with Crippen molar-refractivity contribution in [3.05, 3.63) is 59.9 Å². The SMILES string of the molecule is CC(=O)OC/C=C/CC1(C(=O)OCc2ccccc2)/C(=C/C=O)O[C@@H]2CC(=O)N21. The highest BCUT2D eigenvalue weighted by Crippen LogP contribution is 2.47. The van der Waals surface area contributed by atoms with Gasteiger partial charge in [0.1, 0.15) is 25.3 Å². The number of fused-ring (bicyclic) bond motifs is 1. The fourth-order valence-electron chi connectivity index (χ4n) is 3.35. The number of esters is 2. The standard InChI is InChI=1S/C21H21NO7/c1-15(24)27-12-6-5-10-21(20(26)28-14-16-7-3-2-4-8-16)17(9-11-23)29-19-13-18(25)22(19)21/h2-9,11,19H,10,12-14H2,1H3/b6-5+,17-9-/t19-,21?/m1/s1. The highest BCUT2D eigenvalue weighted by Gasteiger charge is 2.64. The molecule has 1 aromatic carbocycles. The highest BCUT2D eigenvalue weighted by molar-refractivity contribution is 5.96. The van der Waals surface area contributed by atoms with E-state index in [1.165, 1.54) is 11.8 Å². The molecule has 0 N–H and O–H groups in total. The molecular formula is C21H21NO7. The van der Waals surface area contributed by atoms with Crippen LogP contribution in [-0.4, -0.2) is 47.4 Å². The summed E-state index contributed by atoms with van der Waals surface area (Å²) in [5.74, 6) is -1.33. The summed E-state index contributed by atoms with van der Waals surface area (Å²) in [7, 11) is 0. The van der Waals surface area contributed by atoms with Gasteiger partial charge in [-0.05, 0) is 5.56 Å². The Morgan fingerprint density at radius 1 is 1.24 bits per heavy atom. The maximum absolute atomic E-state index is 13.2. The van der Waals surface area contributed by atoms with Gasteiger partial charge in [-0.15, -0.1) is 0 Å². The predicted molar refractivity (Wildman–Crippen MR) is 99.8 cm³/mol. The number of amides is 1. The van der Waals surface area contributed by atoms with Gasteiger partial charge in [0, 0.05) is 19.4 Å². The van der Waals surface area contributed by atoms with E-state index < -0.39 is 23.7 Å². The summed E-state index contributed by atoms with van der Waals surface area (Å²) in [6.07, 6.45) is 4.33. The molecule has 8 nitrogen and oxygen atoms in total. The number of hydrogen-bond acceptors (Lipinski definition) is 7. The number of allylic oxidation sites excluding steroid dienone is 1. The van der Waals surface area contributed by atoms with E-state index in [-0.39, 0.29) is 37.7 Å². The van der Waals surface area contributed by atoms with E-state index in [1.807, 2.05) is 30.3 Å². The number of carbonyl (C=O) groups is 4. The average Bonchev–Trinajstić information content (AvgIpc) is 2.95. The molecule has 0 saturated carbocycles. The summed E-state index contributed by atoms with van der Waals surface area (Å²) < 4.78 is 16.0. The van der Waals surface area contributed by atoms with Crippen LogP contribution >= 0.6 is 0 Å². The molecule has 8 heteroatoms. The zero-order chi connectivity index (χ0) is 20.9. The van der Waals surface area contributed by atoms with Gasteiger partial charge in [0.25, 0.3) is 0 Å². The monoisotopic (exact) mass is 399 g/mol. The van der Waals surface area contributed by atoms with Gasteiger partial charge in [-0.2, -0.15) is 0 Å². The number of nitrogens with zero attached hydrogens (tertiary/aromatic N) is 1. The zero-order valence-electron chi connectivity index (χ0n) is 15.9. The molecule has 2 aliphatic heterocycles. The lowest BCUT2D eigenvalue weighted by Crippen LogP contribution is -2.62. The minimum atomic E-state index is -1.57. The summed E-state index contributed by atoms with van der Waals surface area (Å²) in [5.41, 5.74) is -0.782. The van der Waals surface area contributed by atoms with E-state index in [2.05, 4.69) is 0 Å². The molecule has 0 spiro atoms. The van der Waals surface area contributed by atoms with Crippen LogP contribution in [0.2, 0.25) is 0 Å². The van der Waals surface area contributed by atoms with Crippen molar-refractivity contribution in [2.75, 3.05) is 6.61 Å². The van der Waals surface area contributed by atoms with Crippen LogP contribution in [0.1, 0.15) is 25.3 Å². The fraction of sp³-hybridized carbons (Fsp3) is 0.333. The van der Waals surface area contributed by atoms with Gasteiger partial charge in [-0.3, -0.25) is 19.3 Å². The van der Waals surface area contributed by atoms with E-state index in [0.717, 1.165) is 11.6 Å². The number of rotatable bonds is 8. The van der Waals surface area contributed by atoms with E-state index in [9.17, 15) is 19.2 Å². The Bertz CT molecular complexity index is 861. The molecule has 1 amide bonds. The molecule has 3 rings (SSSR count). The van der Waals surface area contributed by atoms with Gasteiger partial charge in [0.15, 0.2) is 6.23 Å². The Morgan fingerprint density at radius 2 is 2.00 bits per heavy atom. The van der Waals surface area contributed by atoms with E-state index in [1.54, 1.807) is 12.2 Å². The first kappa shape index (κ1) is 20.3. The van der Waals surface area contributed by atoms with Gasteiger partial charge in [0.2, 0.25) is 11.4 Å². The summed E-state index contributed by atoms with van der Waals surface area (Å²) in [5, 5.41) is 0. The van der Waals surface area contributed by atoms with Crippen LogP contribution in [0.15, 0.2) is 54.3 Å². The lowest BCUT2D eigenvalue weighted by molar-refractivity contribution is -0.174. The number of ether oxygens (including phenoxy) is 3. The third-order valence-corrected chi connectivity index (χ3v) is 4.72. The Labute approximate surface area is 167 Å². The first-order chi connectivity index (χ1) is 14.0. The molecule has 2 aliphatic rings. The van der Waals surface area contributed by atoms with E-state index >= 15 is 0 Å². The molecule has 1 aromatic rings. The number of hydrogen-bond donors (Lipinski definition) is 0. The number of β-lactam (4-membered cyclic amide) rings is 1. The van der Waals surface area contributed by atoms with Crippen molar-refractivity contribution in [3.63, 3.8) is 0 Å². The summed E-state index contributed by atoms with van der Waals surface area (Å²) >= 11 is 0. The van der Waals surface area contributed by atoms with Crippen LogP contribution in [0.3, 0.4) is 0 Å². The van der Waals surface area contributed by atoms with Crippen molar-refractivity contribution < 1.29 is 33.4 Å². The van der Waals surface area contributed by atoms with Crippen molar-refractivity contribution in [1.29, 1.82) is 0 Å². The Balaban J connectivity index is 1.85. The fourth-order valence-corrected chi connectivity index (χ4v) is 3.35. The van der Waals surface area contributed by atoms with Gasteiger partial charge < -0.3 is 14.2 Å². The minimum absolute atomic E-state index is 0.0135. The molecule has 152 valence electrons. The second-order valence-electron chi connectivity index (χ2n) is 6.61. The van der Waals surface area contributed by atoms with Crippen molar-refractivity contribution in [1.82, 2.24) is 4.90 Å². The third-order valence-electron chi connectivity index (χ3n) is 4.72. The summed E-state index contributed by atoms with van der Waals surface area (Å²) in [4.78, 5) is 48.8. The first-order valence-corrected chi connectivity index (χ1v) is 9.13. The Morgan fingerprint density at radius 3 is 2.66 bits per heavy atom. The maximum Gasteiger partial charge on any atom is 0.340 e. The lowest BCUT2D eigenvalue weighted by Gasteiger charge is -2.40. The molecular weight excluding hydrogens is 378 g/mol. The van der Waals surface area contributed by atoms with Crippen LogP contribution < -0.4 is 0 Å². The van der Waals surface area contributed by atoms with Crippen molar-refractivity contribution in [3.8, 4) is 0 Å². The second kappa shape index (κ2) is 8.72. The average molecular weight is 399 g/mol. The van der Waals surface area contributed by atoms with E-state index in [4.69, 9.17) is 14.2 Å². The molecule has 2 heterocycles. The third kappa shape index (κ3) is 4.06. The van der Waals surface area contributed by atoms with E-state index in [0.29, 0.717) is 6.29 Å². The van der Waals surface area contributed by atoms with Crippen molar-refractivity contribution >= 4 is 24.1 Å². The molecule has 0 aliphatic carbocycles. The van der Waals surface area contributed by atoms with Crippen molar-refractivity contribution in [2.24, 2.45) is 0 Å². The number of benzene rings is 1. The molecule has 2 saturated heterocycles. The zero-order valence-corrected chi connectivity index (χ0v) is 15.9. The second-order valence-corrected chi connectivity index (χ2v) is 6.61. The molecule has 2 atom stereocenters.